The number of rotatable bonds is 3. The van der Waals surface area contributed by atoms with Gasteiger partial charge in [0.05, 0.1) is 0 Å². The average Bonchev–Trinajstić information content (AvgIpc) is 3.45. The smallest absolute Gasteiger partial charge is 0.438 e. The molecule has 1 unspecified atom stereocenters. The molecule has 0 N–H and O–H groups in total. The monoisotopic (exact) mass is 414 g/mol. The summed E-state index contributed by atoms with van der Waals surface area (Å²) in [6, 6.07) is 13.3. The minimum absolute atomic E-state index is 0.0890. The van der Waals surface area contributed by atoms with E-state index in [1.54, 1.807) is 17.0 Å². The zero-order valence-corrected chi connectivity index (χ0v) is 15.3. The summed E-state index contributed by atoms with van der Waals surface area (Å²) < 4.78 is 48.1. The van der Waals surface area contributed by atoms with E-state index < -0.39 is 12.1 Å². The van der Waals surface area contributed by atoms with Crippen molar-refractivity contribution in [3.63, 3.8) is 0 Å². The van der Waals surface area contributed by atoms with Gasteiger partial charge in [0.25, 0.3) is 0 Å². The van der Waals surface area contributed by atoms with Gasteiger partial charge in [0.1, 0.15) is 11.6 Å². The zero-order chi connectivity index (χ0) is 20.9. The first-order valence-corrected chi connectivity index (χ1v) is 9.09. The predicted octanol–water partition coefficient (Wildman–Crippen LogP) is 4.76. The summed E-state index contributed by atoms with van der Waals surface area (Å²) in [5.41, 5.74) is 2.26. The summed E-state index contributed by atoms with van der Waals surface area (Å²) in [7, 11) is 0. The molecule has 1 amide bonds. The van der Waals surface area contributed by atoms with Crippen LogP contribution in [0.5, 0.6) is 0 Å². The molecule has 30 heavy (non-hydrogen) atoms. The van der Waals surface area contributed by atoms with Crippen molar-refractivity contribution in [1.29, 1.82) is 0 Å². The topological polar surface area (TPSA) is 85.3 Å². The quantitative estimate of drug-likeness (QED) is 0.480. The number of anilines is 1. The Bertz CT molecular complexity index is 1200. The number of benzene rings is 2. The van der Waals surface area contributed by atoms with Crippen molar-refractivity contribution in [1.82, 2.24) is 15.1 Å². The van der Waals surface area contributed by atoms with Crippen LogP contribution in [0.25, 0.3) is 22.5 Å². The lowest BCUT2D eigenvalue weighted by Gasteiger charge is -2.22. The number of halogens is 3. The van der Waals surface area contributed by atoms with Gasteiger partial charge in [-0.05, 0) is 42.8 Å². The fourth-order valence-corrected chi connectivity index (χ4v) is 3.50. The van der Waals surface area contributed by atoms with Gasteiger partial charge in [-0.15, -0.1) is 0 Å². The van der Waals surface area contributed by atoms with Gasteiger partial charge in [-0.25, -0.2) is 4.98 Å². The molecule has 5 rings (SSSR count). The third-order valence-corrected chi connectivity index (χ3v) is 4.88. The van der Waals surface area contributed by atoms with Crippen LogP contribution in [-0.2, 0) is 11.0 Å². The molecule has 2 aromatic carbocycles. The van der Waals surface area contributed by atoms with Crippen LogP contribution in [0, 0.1) is 0 Å². The van der Waals surface area contributed by atoms with Crippen LogP contribution >= 0.6 is 0 Å². The maximum atomic E-state index is 12.7. The maximum absolute atomic E-state index is 12.7. The van der Waals surface area contributed by atoms with Crippen molar-refractivity contribution in [3.8, 4) is 11.4 Å². The van der Waals surface area contributed by atoms with Gasteiger partial charge < -0.3 is 13.8 Å². The van der Waals surface area contributed by atoms with Crippen LogP contribution in [0.4, 0.5) is 18.9 Å². The standard InChI is InChI=1S/C20H13F3N4O3/c21-20(22,23)19-25-17(26-30-19)11-5-7-12(8-6-11)27-14(9-10-16(27)28)18-24-13-3-1-2-4-15(13)29-18/h1-8,14H,9-10H2. The molecule has 1 fully saturated rings. The van der Waals surface area contributed by atoms with Crippen molar-refractivity contribution >= 4 is 22.7 Å². The van der Waals surface area contributed by atoms with Crippen LogP contribution < -0.4 is 4.90 Å². The van der Waals surface area contributed by atoms with Crippen LogP contribution in [0.15, 0.2) is 57.5 Å². The number of alkyl halides is 3. The number of hydrogen-bond donors (Lipinski definition) is 0. The molecular weight excluding hydrogens is 401 g/mol. The first kappa shape index (κ1) is 18.3. The summed E-state index contributed by atoms with van der Waals surface area (Å²) in [6.45, 7) is 0. The molecule has 1 saturated heterocycles. The van der Waals surface area contributed by atoms with Crippen LogP contribution in [0.1, 0.15) is 30.7 Å². The molecule has 1 aliphatic rings. The highest BCUT2D eigenvalue weighted by molar-refractivity contribution is 5.96. The normalized spacial score (nSPS) is 17.2. The minimum atomic E-state index is -4.71. The van der Waals surface area contributed by atoms with E-state index in [0.717, 1.165) is 0 Å². The van der Waals surface area contributed by atoms with Crippen molar-refractivity contribution in [2.75, 3.05) is 4.90 Å². The second-order valence-corrected chi connectivity index (χ2v) is 6.81. The van der Waals surface area contributed by atoms with E-state index in [0.29, 0.717) is 41.1 Å². The van der Waals surface area contributed by atoms with Crippen molar-refractivity contribution in [2.24, 2.45) is 0 Å². The second-order valence-electron chi connectivity index (χ2n) is 6.81. The molecule has 1 atom stereocenters. The number of carbonyl (C=O) groups is 1. The van der Waals surface area contributed by atoms with E-state index in [4.69, 9.17) is 4.42 Å². The Morgan fingerprint density at radius 2 is 1.80 bits per heavy atom. The molecule has 0 spiro atoms. The van der Waals surface area contributed by atoms with Crippen LogP contribution in [0.2, 0.25) is 0 Å². The molecular formula is C20H13F3N4O3. The van der Waals surface area contributed by atoms with E-state index in [1.165, 1.54) is 12.1 Å². The van der Waals surface area contributed by atoms with Gasteiger partial charge in [-0.2, -0.15) is 18.2 Å². The fraction of sp³-hybridized carbons (Fsp3) is 0.200. The van der Waals surface area contributed by atoms with Crippen molar-refractivity contribution in [2.45, 2.75) is 25.1 Å². The van der Waals surface area contributed by atoms with E-state index >= 15 is 0 Å². The van der Waals surface area contributed by atoms with Crippen LogP contribution in [0.3, 0.4) is 0 Å². The number of carbonyl (C=O) groups excluding carboxylic acids is 1. The molecule has 0 radical (unpaired) electrons. The van der Waals surface area contributed by atoms with Gasteiger partial charge in [0.2, 0.25) is 17.6 Å². The molecule has 3 heterocycles. The summed E-state index contributed by atoms with van der Waals surface area (Å²) in [6.07, 6.45) is -3.82. The Hall–Kier alpha value is -3.69. The zero-order valence-electron chi connectivity index (χ0n) is 15.3. The lowest BCUT2D eigenvalue weighted by Crippen LogP contribution is -2.27. The molecule has 1 aliphatic heterocycles. The minimum Gasteiger partial charge on any atom is -0.438 e. The highest BCUT2D eigenvalue weighted by atomic mass is 19.4. The Kier molecular flexibility index (Phi) is 4.09. The second kappa shape index (κ2) is 6.68. The fourth-order valence-electron chi connectivity index (χ4n) is 3.50. The molecule has 10 heteroatoms. The number of para-hydroxylation sites is 2. The Balaban J connectivity index is 1.45. The molecule has 7 nitrogen and oxygen atoms in total. The Morgan fingerprint density at radius 1 is 1.03 bits per heavy atom. The van der Waals surface area contributed by atoms with E-state index in [9.17, 15) is 18.0 Å². The number of oxazole rings is 1. The number of nitrogens with zero attached hydrogens (tertiary/aromatic N) is 4. The number of amides is 1. The highest BCUT2D eigenvalue weighted by Crippen LogP contribution is 2.38. The third kappa shape index (κ3) is 3.10. The average molecular weight is 414 g/mol. The SMILES string of the molecule is O=C1CCC(c2nc3ccccc3o2)N1c1ccc(-c2noc(C(F)(F)F)n2)cc1. The number of aromatic nitrogens is 3. The third-order valence-electron chi connectivity index (χ3n) is 4.88. The van der Waals surface area contributed by atoms with Gasteiger partial charge in [-0.1, -0.05) is 17.3 Å². The molecule has 4 aromatic rings. The maximum Gasteiger partial charge on any atom is 0.471 e. The summed E-state index contributed by atoms with van der Waals surface area (Å²) in [4.78, 5) is 22.0. The van der Waals surface area contributed by atoms with Crippen molar-refractivity contribution in [3.05, 3.63) is 60.3 Å². The number of fused-ring (bicyclic) bond motifs is 1. The van der Waals surface area contributed by atoms with E-state index in [-0.39, 0.29) is 17.8 Å². The van der Waals surface area contributed by atoms with Crippen LogP contribution in [-0.4, -0.2) is 21.0 Å². The predicted molar refractivity (Wildman–Crippen MR) is 98.2 cm³/mol. The van der Waals surface area contributed by atoms with Gasteiger partial charge in [-0.3, -0.25) is 4.79 Å². The molecule has 0 bridgehead atoms. The molecule has 0 aliphatic carbocycles. The van der Waals surface area contributed by atoms with Gasteiger partial charge in [0, 0.05) is 17.7 Å². The Labute approximate surface area is 167 Å². The number of hydrogen-bond acceptors (Lipinski definition) is 6. The first-order valence-electron chi connectivity index (χ1n) is 9.09. The van der Waals surface area contributed by atoms with Crippen molar-refractivity contribution < 1.29 is 26.9 Å². The van der Waals surface area contributed by atoms with E-state index in [1.807, 2.05) is 24.3 Å². The van der Waals surface area contributed by atoms with Gasteiger partial charge >= 0.3 is 12.1 Å². The molecule has 152 valence electrons. The lowest BCUT2D eigenvalue weighted by molar-refractivity contribution is -0.159. The largest absolute Gasteiger partial charge is 0.471 e. The lowest BCUT2D eigenvalue weighted by atomic mass is 10.1. The Morgan fingerprint density at radius 3 is 2.50 bits per heavy atom. The summed E-state index contributed by atoms with van der Waals surface area (Å²) in [5.74, 6) is -1.24. The first-order chi connectivity index (χ1) is 14.4. The van der Waals surface area contributed by atoms with Gasteiger partial charge in [0.15, 0.2) is 5.58 Å². The molecule has 2 aromatic heterocycles. The highest BCUT2D eigenvalue weighted by Gasteiger charge is 2.39. The summed E-state index contributed by atoms with van der Waals surface area (Å²) in [5, 5.41) is 3.37. The van der Waals surface area contributed by atoms with E-state index in [2.05, 4.69) is 19.6 Å². The molecule has 0 saturated carbocycles. The summed E-state index contributed by atoms with van der Waals surface area (Å²) >= 11 is 0.